The number of carbonyl (C=O) groups is 2. The van der Waals surface area contributed by atoms with Crippen molar-refractivity contribution in [2.24, 2.45) is 0 Å². The van der Waals surface area contributed by atoms with Crippen LogP contribution in [0.25, 0.3) is 0 Å². The first kappa shape index (κ1) is 23.0. The smallest absolute Gasteiger partial charge is 0.307 e. The van der Waals surface area contributed by atoms with E-state index < -0.39 is 12.1 Å². The van der Waals surface area contributed by atoms with Crippen LogP contribution in [-0.2, 0) is 22.6 Å². The zero-order chi connectivity index (χ0) is 23.4. The number of carboxylic acids is 1. The van der Waals surface area contributed by atoms with Crippen molar-refractivity contribution in [3.63, 3.8) is 0 Å². The zero-order valence-corrected chi connectivity index (χ0v) is 19.1. The third kappa shape index (κ3) is 5.41. The zero-order valence-electron chi connectivity index (χ0n) is 17.5. The second-order valence-electron chi connectivity index (χ2n) is 7.56. The molecule has 0 radical (unpaired) electrons. The van der Waals surface area contributed by atoms with Gasteiger partial charge in [0.2, 0.25) is 0 Å². The summed E-state index contributed by atoms with van der Waals surface area (Å²) < 4.78 is 11.8. The molecular formula is C25H21Cl2NO5. The number of fused-ring (bicyclic) bond motifs is 1. The fourth-order valence-electron chi connectivity index (χ4n) is 3.67. The Balaban J connectivity index is 1.49. The molecule has 8 heteroatoms. The van der Waals surface area contributed by atoms with Crippen molar-refractivity contribution in [1.82, 2.24) is 0 Å². The van der Waals surface area contributed by atoms with Crippen LogP contribution in [0.15, 0.2) is 66.7 Å². The predicted molar refractivity (Wildman–Crippen MR) is 126 cm³/mol. The van der Waals surface area contributed by atoms with Crippen molar-refractivity contribution in [3.8, 4) is 11.5 Å². The number of amides is 1. The molecule has 0 saturated heterocycles. The molecule has 1 N–H and O–H groups in total. The number of para-hydroxylation sites is 3. The molecule has 170 valence electrons. The fourth-order valence-corrected chi connectivity index (χ4v) is 3.99. The maximum Gasteiger partial charge on any atom is 0.307 e. The minimum absolute atomic E-state index is 0.139. The topological polar surface area (TPSA) is 76.1 Å². The number of anilines is 1. The normalized spacial score (nSPS) is 15.0. The quantitative estimate of drug-likeness (QED) is 0.463. The maximum absolute atomic E-state index is 13.3. The summed E-state index contributed by atoms with van der Waals surface area (Å²) in [5.41, 5.74) is 2.09. The first-order chi connectivity index (χ1) is 15.9. The molecule has 3 aromatic rings. The Morgan fingerprint density at radius 1 is 1.03 bits per heavy atom. The number of ether oxygens (including phenoxy) is 2. The van der Waals surface area contributed by atoms with Crippen LogP contribution in [0.4, 0.5) is 5.69 Å². The molecule has 0 saturated carbocycles. The van der Waals surface area contributed by atoms with Gasteiger partial charge in [-0.3, -0.25) is 9.59 Å². The van der Waals surface area contributed by atoms with Crippen LogP contribution < -0.4 is 14.4 Å². The number of halogens is 2. The minimum atomic E-state index is -0.939. The van der Waals surface area contributed by atoms with Crippen LogP contribution in [-0.4, -0.2) is 29.7 Å². The number of benzene rings is 3. The second kappa shape index (κ2) is 10.1. The molecule has 0 aliphatic carbocycles. The summed E-state index contributed by atoms with van der Waals surface area (Å²) >= 11 is 12.2. The molecule has 1 unspecified atom stereocenters. The van der Waals surface area contributed by atoms with Crippen molar-refractivity contribution >= 4 is 40.8 Å². The Morgan fingerprint density at radius 2 is 1.79 bits per heavy atom. The Morgan fingerprint density at radius 3 is 2.58 bits per heavy atom. The van der Waals surface area contributed by atoms with E-state index in [0.717, 1.165) is 5.56 Å². The summed E-state index contributed by atoms with van der Waals surface area (Å²) in [4.78, 5) is 26.1. The van der Waals surface area contributed by atoms with Crippen LogP contribution in [0.3, 0.4) is 0 Å². The van der Waals surface area contributed by atoms with Gasteiger partial charge in [-0.05, 0) is 35.9 Å². The van der Waals surface area contributed by atoms with E-state index in [1.165, 1.54) is 0 Å². The van der Waals surface area contributed by atoms with E-state index >= 15 is 0 Å². The number of nitrogens with zero attached hydrogens (tertiary/aromatic N) is 1. The van der Waals surface area contributed by atoms with E-state index in [1.54, 1.807) is 41.3 Å². The summed E-state index contributed by atoms with van der Waals surface area (Å²) in [5.74, 6) is -0.0433. The number of hydrogen-bond donors (Lipinski definition) is 1. The molecule has 33 heavy (non-hydrogen) atoms. The van der Waals surface area contributed by atoms with E-state index in [1.807, 2.05) is 30.3 Å². The average Bonchev–Trinajstić information content (AvgIpc) is 2.79. The second-order valence-corrected chi connectivity index (χ2v) is 8.38. The van der Waals surface area contributed by atoms with Crippen molar-refractivity contribution in [2.75, 3.05) is 11.5 Å². The predicted octanol–water partition coefficient (Wildman–Crippen LogP) is 5.38. The molecule has 0 spiro atoms. The summed E-state index contributed by atoms with van der Waals surface area (Å²) in [6.07, 6.45) is -0.582. The number of aliphatic carboxylic acids is 1. The molecule has 1 atom stereocenters. The van der Waals surface area contributed by atoms with Crippen LogP contribution in [0.5, 0.6) is 11.5 Å². The number of hydrogen-bond acceptors (Lipinski definition) is 4. The van der Waals surface area contributed by atoms with Gasteiger partial charge in [-0.1, -0.05) is 59.6 Å². The van der Waals surface area contributed by atoms with Gasteiger partial charge in [0.25, 0.3) is 5.91 Å². The Labute approximate surface area is 201 Å². The Kier molecular flexibility index (Phi) is 7.06. The largest absolute Gasteiger partial charge is 0.493 e. The Hall–Kier alpha value is -3.22. The van der Waals surface area contributed by atoms with Gasteiger partial charge in [0, 0.05) is 12.0 Å². The summed E-state index contributed by atoms with van der Waals surface area (Å²) in [6, 6.07) is 19.6. The van der Waals surface area contributed by atoms with Crippen molar-refractivity contribution in [1.29, 1.82) is 0 Å². The molecule has 0 fully saturated rings. The van der Waals surface area contributed by atoms with Gasteiger partial charge in [0.1, 0.15) is 11.5 Å². The van der Waals surface area contributed by atoms with Gasteiger partial charge >= 0.3 is 5.97 Å². The molecule has 6 nitrogen and oxygen atoms in total. The third-order valence-electron chi connectivity index (χ3n) is 5.24. The maximum atomic E-state index is 13.3. The molecule has 1 aliphatic heterocycles. The van der Waals surface area contributed by atoms with E-state index in [-0.39, 0.29) is 18.9 Å². The lowest BCUT2D eigenvalue weighted by Gasteiger charge is -2.34. The van der Waals surface area contributed by atoms with Crippen LogP contribution in [0.1, 0.15) is 17.5 Å². The monoisotopic (exact) mass is 485 g/mol. The summed E-state index contributed by atoms with van der Waals surface area (Å²) in [5, 5.41) is 9.97. The lowest BCUT2D eigenvalue weighted by Crippen LogP contribution is -2.46. The highest BCUT2D eigenvalue weighted by atomic mass is 35.5. The fraction of sp³-hybridized carbons (Fsp3) is 0.200. The minimum Gasteiger partial charge on any atom is -0.493 e. The molecular weight excluding hydrogens is 465 g/mol. The van der Waals surface area contributed by atoms with Crippen LogP contribution in [0, 0.1) is 0 Å². The van der Waals surface area contributed by atoms with Crippen molar-refractivity contribution < 1.29 is 24.2 Å². The highest BCUT2D eigenvalue weighted by Gasteiger charge is 2.34. The molecule has 0 bridgehead atoms. The van der Waals surface area contributed by atoms with Gasteiger partial charge in [-0.15, -0.1) is 0 Å². The summed E-state index contributed by atoms with van der Waals surface area (Å²) in [7, 11) is 0. The van der Waals surface area contributed by atoms with Crippen LogP contribution in [0.2, 0.25) is 10.0 Å². The third-order valence-corrected chi connectivity index (χ3v) is 5.98. The van der Waals surface area contributed by atoms with Gasteiger partial charge in [0.15, 0.2) is 6.10 Å². The van der Waals surface area contributed by atoms with Gasteiger partial charge in [-0.25, -0.2) is 0 Å². The number of rotatable bonds is 8. The molecule has 0 aromatic heterocycles. The van der Waals surface area contributed by atoms with Crippen molar-refractivity contribution in [2.45, 2.75) is 25.5 Å². The molecule has 1 amide bonds. The van der Waals surface area contributed by atoms with Gasteiger partial charge in [-0.2, -0.15) is 0 Å². The summed E-state index contributed by atoms with van der Waals surface area (Å²) in [6.45, 7) is 0.505. The van der Waals surface area contributed by atoms with Crippen molar-refractivity contribution in [3.05, 3.63) is 87.9 Å². The number of carboxylic acid groups (broad SMARTS) is 1. The molecule has 1 heterocycles. The Bertz CT molecular complexity index is 1180. The number of carbonyl (C=O) groups excluding carboxylic acids is 1. The first-order valence-electron chi connectivity index (χ1n) is 10.4. The highest BCUT2D eigenvalue weighted by molar-refractivity contribution is 6.42. The molecule has 1 aliphatic rings. The SMILES string of the molecule is O=C(O)Cc1ccccc1OCCC1Oc2ccccc2N(Cc2ccc(Cl)c(Cl)c2)C1=O. The van der Waals surface area contributed by atoms with E-state index in [0.29, 0.717) is 45.8 Å². The first-order valence-corrected chi connectivity index (χ1v) is 11.1. The molecule has 4 rings (SSSR count). The average molecular weight is 486 g/mol. The standard InChI is InChI=1S/C25H21Cl2NO5/c26-18-10-9-16(13-19(18)27)15-28-20-6-2-4-8-22(20)33-23(25(28)31)11-12-32-21-7-3-1-5-17(21)14-24(29)30/h1-10,13,23H,11-12,14-15H2,(H,29,30). The highest BCUT2D eigenvalue weighted by Crippen LogP contribution is 2.36. The van der Waals surface area contributed by atoms with Gasteiger partial charge < -0.3 is 19.5 Å². The van der Waals surface area contributed by atoms with Crippen LogP contribution >= 0.6 is 23.2 Å². The molecule has 3 aromatic carbocycles. The van der Waals surface area contributed by atoms with Gasteiger partial charge in [0.05, 0.1) is 35.3 Å². The van der Waals surface area contributed by atoms with E-state index in [4.69, 9.17) is 37.8 Å². The van der Waals surface area contributed by atoms with E-state index in [9.17, 15) is 9.59 Å². The lowest BCUT2D eigenvalue weighted by molar-refractivity contribution is -0.136. The van der Waals surface area contributed by atoms with E-state index in [2.05, 4.69) is 0 Å². The lowest BCUT2D eigenvalue weighted by atomic mass is 10.1.